The molecule has 8 heteroatoms. The van der Waals surface area contributed by atoms with Gasteiger partial charge >= 0.3 is 0 Å². The third kappa shape index (κ3) is 3.32. The molecule has 2 amide bonds. The highest BCUT2D eigenvalue weighted by Gasteiger charge is 2.37. The van der Waals surface area contributed by atoms with Crippen LogP contribution < -0.4 is 15.5 Å². The van der Waals surface area contributed by atoms with Crippen molar-refractivity contribution in [2.75, 3.05) is 18.0 Å². The average molecular weight is 378 g/mol. The van der Waals surface area contributed by atoms with Gasteiger partial charge in [0.05, 0.1) is 11.7 Å². The molecule has 27 heavy (non-hydrogen) atoms. The van der Waals surface area contributed by atoms with Gasteiger partial charge in [0.15, 0.2) is 11.6 Å². The van der Waals surface area contributed by atoms with Crippen LogP contribution in [0.15, 0.2) is 6.07 Å². The predicted octanol–water partition coefficient (Wildman–Crippen LogP) is 1.27. The summed E-state index contributed by atoms with van der Waals surface area (Å²) in [5, 5.41) is 5.72. The normalized spacial score (nSPS) is 29.0. The minimum absolute atomic E-state index is 0.180. The number of hydrogen-bond acceptors (Lipinski definition) is 5. The van der Waals surface area contributed by atoms with Gasteiger partial charge in [0.25, 0.3) is 0 Å². The molecular weight excluding hydrogens is 354 g/mol. The summed E-state index contributed by atoms with van der Waals surface area (Å²) in [6.07, 6.45) is 0.671. The summed E-state index contributed by atoms with van der Waals surface area (Å²) in [6, 6.07) is 1.61. The highest BCUT2D eigenvalue weighted by molar-refractivity contribution is 6.00. The molecular formula is C19H24F2N4O2. The summed E-state index contributed by atoms with van der Waals surface area (Å²) in [6.45, 7) is 5.82. The molecule has 3 aliphatic rings. The fraction of sp³-hybridized carbons (Fsp3) is 0.579. The second kappa shape index (κ2) is 6.83. The highest BCUT2D eigenvalue weighted by Crippen LogP contribution is 2.35. The van der Waals surface area contributed by atoms with Gasteiger partial charge in [0.2, 0.25) is 11.8 Å². The van der Waals surface area contributed by atoms with Crippen molar-refractivity contribution >= 4 is 17.5 Å². The molecule has 146 valence electrons. The molecule has 0 aliphatic carbocycles. The van der Waals surface area contributed by atoms with E-state index in [1.54, 1.807) is 6.07 Å². The molecule has 0 bridgehead atoms. The van der Waals surface area contributed by atoms with E-state index >= 15 is 0 Å². The van der Waals surface area contributed by atoms with Crippen LogP contribution in [0.4, 0.5) is 14.5 Å². The lowest BCUT2D eigenvalue weighted by Gasteiger charge is -2.38. The number of fused-ring (bicyclic) bond motifs is 1. The molecule has 2 N–H and O–H groups in total. The Morgan fingerprint density at radius 3 is 2.44 bits per heavy atom. The van der Waals surface area contributed by atoms with Gasteiger partial charge in [-0.2, -0.15) is 0 Å². The number of imide groups is 1. The van der Waals surface area contributed by atoms with E-state index in [2.05, 4.69) is 10.6 Å². The van der Waals surface area contributed by atoms with Crippen LogP contribution in [-0.4, -0.2) is 47.9 Å². The molecule has 0 saturated carbocycles. The topological polar surface area (TPSA) is 64.7 Å². The van der Waals surface area contributed by atoms with Crippen molar-refractivity contribution < 1.29 is 18.4 Å². The predicted molar refractivity (Wildman–Crippen MR) is 96.0 cm³/mol. The van der Waals surface area contributed by atoms with Gasteiger partial charge in [-0.15, -0.1) is 0 Å². The van der Waals surface area contributed by atoms with Crippen molar-refractivity contribution in [1.29, 1.82) is 0 Å². The molecule has 0 aromatic heterocycles. The Balaban J connectivity index is 1.60. The van der Waals surface area contributed by atoms with Crippen molar-refractivity contribution in [2.24, 2.45) is 0 Å². The number of piperidine rings is 1. The molecule has 1 aromatic rings. The lowest BCUT2D eigenvalue weighted by atomic mass is 10.0. The molecule has 4 rings (SSSR count). The number of amides is 2. The van der Waals surface area contributed by atoms with E-state index < -0.39 is 17.7 Å². The van der Waals surface area contributed by atoms with Gasteiger partial charge in [0.1, 0.15) is 0 Å². The highest BCUT2D eigenvalue weighted by atomic mass is 19.2. The Hall–Kier alpha value is -2.06. The van der Waals surface area contributed by atoms with Gasteiger partial charge in [-0.3, -0.25) is 19.8 Å². The summed E-state index contributed by atoms with van der Waals surface area (Å²) in [4.78, 5) is 27.2. The van der Waals surface area contributed by atoms with Crippen LogP contribution in [0, 0.1) is 11.6 Å². The Morgan fingerprint density at radius 2 is 1.78 bits per heavy atom. The summed E-state index contributed by atoms with van der Waals surface area (Å²) in [5.41, 5.74) is 1.32. The second-order valence-corrected chi connectivity index (χ2v) is 7.91. The second-order valence-electron chi connectivity index (χ2n) is 7.91. The molecule has 3 unspecified atom stereocenters. The van der Waals surface area contributed by atoms with Crippen molar-refractivity contribution in [3.05, 3.63) is 28.8 Å². The first kappa shape index (κ1) is 18.3. The summed E-state index contributed by atoms with van der Waals surface area (Å²) in [7, 11) is 0. The number of nitrogens with one attached hydrogen (secondary N) is 2. The van der Waals surface area contributed by atoms with Crippen LogP contribution in [0.2, 0.25) is 0 Å². The zero-order valence-corrected chi connectivity index (χ0v) is 15.5. The van der Waals surface area contributed by atoms with Crippen molar-refractivity contribution in [1.82, 2.24) is 15.5 Å². The van der Waals surface area contributed by atoms with E-state index in [1.807, 2.05) is 23.6 Å². The van der Waals surface area contributed by atoms with Gasteiger partial charge in [-0.1, -0.05) is 0 Å². The number of carbonyl (C=O) groups excluding carboxylic acids is 2. The molecule has 3 aliphatic heterocycles. The summed E-state index contributed by atoms with van der Waals surface area (Å²) in [5.74, 6) is -2.28. The number of hydrogen-bond donors (Lipinski definition) is 2. The Bertz CT molecular complexity index is 790. The van der Waals surface area contributed by atoms with Gasteiger partial charge in [0, 0.05) is 50.2 Å². The van der Waals surface area contributed by atoms with Gasteiger partial charge in [-0.05, 0) is 31.9 Å². The molecule has 3 heterocycles. The third-order valence-electron chi connectivity index (χ3n) is 5.66. The number of carbonyl (C=O) groups is 2. The summed E-state index contributed by atoms with van der Waals surface area (Å²) >= 11 is 0. The lowest BCUT2D eigenvalue weighted by Crippen LogP contribution is -2.54. The first-order chi connectivity index (χ1) is 12.8. The quantitative estimate of drug-likeness (QED) is 0.759. The van der Waals surface area contributed by atoms with E-state index in [0.717, 1.165) is 0 Å². The summed E-state index contributed by atoms with van der Waals surface area (Å²) < 4.78 is 29.6. The minimum atomic E-state index is -0.823. The fourth-order valence-electron chi connectivity index (χ4n) is 4.50. The first-order valence-electron chi connectivity index (χ1n) is 9.42. The van der Waals surface area contributed by atoms with E-state index in [-0.39, 0.29) is 42.6 Å². The Morgan fingerprint density at radius 1 is 1.07 bits per heavy atom. The number of piperazine rings is 1. The molecule has 0 spiro atoms. The number of nitrogens with zero attached hydrogens (tertiary/aromatic N) is 2. The Kier molecular flexibility index (Phi) is 4.63. The zero-order valence-electron chi connectivity index (χ0n) is 15.5. The van der Waals surface area contributed by atoms with Crippen molar-refractivity contribution in [2.45, 2.75) is 57.9 Å². The fourth-order valence-corrected chi connectivity index (χ4v) is 4.50. The van der Waals surface area contributed by atoms with Crippen LogP contribution >= 0.6 is 0 Å². The smallest absolute Gasteiger partial charge is 0.243 e. The molecule has 2 fully saturated rings. The third-order valence-corrected chi connectivity index (χ3v) is 5.66. The Labute approximate surface area is 156 Å². The van der Waals surface area contributed by atoms with Crippen LogP contribution in [0.25, 0.3) is 0 Å². The van der Waals surface area contributed by atoms with Crippen LogP contribution in [0.1, 0.15) is 37.8 Å². The standard InChI is InChI=1S/C19H24F2N4O2/c1-10-6-24(7-11(2)22-10)15-5-12-8-25(9-13(12)17(20)18(15)21)14-3-4-16(26)23-19(14)27/h5,10-11,14,22H,3-4,6-9H2,1-2H3,(H,23,26,27). The monoisotopic (exact) mass is 378 g/mol. The van der Waals surface area contributed by atoms with Crippen molar-refractivity contribution in [3.63, 3.8) is 0 Å². The minimum Gasteiger partial charge on any atom is -0.366 e. The molecule has 3 atom stereocenters. The SMILES string of the molecule is CC1CN(c2cc3c(c(F)c2F)CN(C2CCC(=O)NC2=O)C3)CC(C)N1. The van der Waals surface area contributed by atoms with E-state index in [0.29, 0.717) is 37.2 Å². The first-order valence-corrected chi connectivity index (χ1v) is 9.42. The van der Waals surface area contributed by atoms with Crippen LogP contribution in [-0.2, 0) is 22.7 Å². The largest absolute Gasteiger partial charge is 0.366 e. The van der Waals surface area contributed by atoms with E-state index in [1.165, 1.54) is 0 Å². The molecule has 6 nitrogen and oxygen atoms in total. The maximum absolute atomic E-state index is 14.8. The van der Waals surface area contributed by atoms with Gasteiger partial charge < -0.3 is 10.2 Å². The van der Waals surface area contributed by atoms with Gasteiger partial charge in [-0.25, -0.2) is 8.78 Å². The average Bonchev–Trinajstić information content (AvgIpc) is 3.01. The van der Waals surface area contributed by atoms with E-state index in [9.17, 15) is 18.4 Å². The number of halogens is 2. The van der Waals surface area contributed by atoms with Crippen LogP contribution in [0.3, 0.4) is 0 Å². The lowest BCUT2D eigenvalue weighted by molar-refractivity contribution is -0.137. The van der Waals surface area contributed by atoms with E-state index in [4.69, 9.17) is 0 Å². The number of rotatable bonds is 2. The maximum Gasteiger partial charge on any atom is 0.243 e. The molecule has 2 saturated heterocycles. The van der Waals surface area contributed by atoms with Crippen molar-refractivity contribution in [3.8, 4) is 0 Å². The maximum atomic E-state index is 14.8. The van der Waals surface area contributed by atoms with Crippen LogP contribution in [0.5, 0.6) is 0 Å². The molecule has 1 aromatic carbocycles. The number of anilines is 1. The number of benzene rings is 1. The molecule has 0 radical (unpaired) electrons. The zero-order chi connectivity index (χ0) is 19.3.